The van der Waals surface area contributed by atoms with E-state index < -0.39 is 12.1 Å². The minimum atomic E-state index is -5.08. The number of alkyl halides is 3. The number of hydrogen-bond donors (Lipinski definition) is 3. The molecule has 0 radical (unpaired) electrons. The van der Waals surface area contributed by atoms with Gasteiger partial charge in [-0.15, -0.1) is 0 Å². The van der Waals surface area contributed by atoms with E-state index in [4.69, 9.17) is 15.7 Å². The fourth-order valence-corrected chi connectivity index (χ4v) is 2.11. The predicted molar refractivity (Wildman–Crippen MR) is 90.1 cm³/mol. The highest BCUT2D eigenvalue weighted by Crippen LogP contribution is 2.14. The van der Waals surface area contributed by atoms with Crippen LogP contribution in [0.25, 0.3) is 0 Å². The average Bonchev–Trinajstić information content (AvgIpc) is 2.94. The van der Waals surface area contributed by atoms with Crippen molar-refractivity contribution in [2.24, 2.45) is 5.84 Å². The van der Waals surface area contributed by atoms with Crippen LogP contribution in [-0.2, 0) is 32.1 Å². The summed E-state index contributed by atoms with van der Waals surface area (Å²) in [6.07, 6.45) is -0.648. The second kappa shape index (κ2) is 10.2. The SMILES string of the molecule is NNC(=O)CCCc1ccc(CN2C(=O)C=CC2=O)cc1.O=C(O)C(F)(F)F. The molecule has 0 fully saturated rings. The molecule has 3 amide bonds. The van der Waals surface area contributed by atoms with Crippen LogP contribution in [0.1, 0.15) is 24.0 Å². The molecule has 0 atom stereocenters. The third-order valence-electron chi connectivity index (χ3n) is 3.54. The van der Waals surface area contributed by atoms with Crippen LogP contribution in [0.5, 0.6) is 0 Å². The molecule has 1 aromatic carbocycles. The van der Waals surface area contributed by atoms with Crippen LogP contribution in [-0.4, -0.2) is 39.9 Å². The molecule has 0 bridgehead atoms. The Morgan fingerprint density at radius 3 is 1.93 bits per heavy atom. The Morgan fingerprint density at radius 1 is 1.04 bits per heavy atom. The van der Waals surface area contributed by atoms with Gasteiger partial charge in [-0.1, -0.05) is 24.3 Å². The summed E-state index contributed by atoms with van der Waals surface area (Å²) in [7, 11) is 0. The van der Waals surface area contributed by atoms with Crippen LogP contribution in [0, 0.1) is 0 Å². The van der Waals surface area contributed by atoms with Gasteiger partial charge < -0.3 is 5.11 Å². The number of rotatable bonds is 6. The summed E-state index contributed by atoms with van der Waals surface area (Å²) in [4.78, 5) is 44.0. The molecule has 11 heteroatoms. The number of benzene rings is 1. The summed E-state index contributed by atoms with van der Waals surface area (Å²) in [5, 5.41) is 7.12. The normalized spacial score (nSPS) is 13.2. The molecular weight excluding hydrogens is 383 g/mol. The number of carbonyl (C=O) groups is 4. The van der Waals surface area contributed by atoms with Gasteiger partial charge >= 0.3 is 12.1 Å². The summed E-state index contributed by atoms with van der Waals surface area (Å²) in [5.74, 6) is 1.51. The summed E-state index contributed by atoms with van der Waals surface area (Å²) >= 11 is 0. The maximum atomic E-state index is 11.5. The minimum absolute atomic E-state index is 0.176. The molecule has 0 saturated carbocycles. The minimum Gasteiger partial charge on any atom is -0.475 e. The maximum Gasteiger partial charge on any atom is 0.490 e. The highest BCUT2D eigenvalue weighted by atomic mass is 19.4. The zero-order valence-corrected chi connectivity index (χ0v) is 14.5. The Labute approximate surface area is 157 Å². The average molecular weight is 401 g/mol. The number of nitrogens with two attached hydrogens (primary N) is 1. The quantitative estimate of drug-likeness (QED) is 0.283. The lowest BCUT2D eigenvalue weighted by atomic mass is 10.1. The van der Waals surface area contributed by atoms with Crippen molar-refractivity contribution < 1.29 is 37.5 Å². The maximum absolute atomic E-state index is 11.5. The van der Waals surface area contributed by atoms with Crippen molar-refractivity contribution in [2.75, 3.05) is 0 Å². The molecule has 152 valence electrons. The number of hydrazine groups is 1. The second-order valence-electron chi connectivity index (χ2n) is 5.64. The third kappa shape index (κ3) is 7.58. The van der Waals surface area contributed by atoms with Gasteiger partial charge in [0.05, 0.1) is 6.54 Å². The molecule has 4 N–H and O–H groups in total. The number of amides is 3. The van der Waals surface area contributed by atoms with Crippen molar-refractivity contribution in [1.82, 2.24) is 10.3 Å². The number of imide groups is 1. The summed E-state index contributed by atoms with van der Waals surface area (Å²) in [5.41, 5.74) is 4.09. The van der Waals surface area contributed by atoms with Crippen LogP contribution < -0.4 is 11.3 Å². The molecule has 0 unspecified atom stereocenters. The summed E-state index contributed by atoms with van der Waals surface area (Å²) in [6, 6.07) is 7.65. The largest absolute Gasteiger partial charge is 0.490 e. The van der Waals surface area contributed by atoms with Crippen LogP contribution in [0.4, 0.5) is 13.2 Å². The molecule has 1 aromatic rings. The number of carboxylic acids is 1. The number of carbonyl (C=O) groups excluding carboxylic acids is 3. The molecule has 2 rings (SSSR count). The Kier molecular flexibility index (Phi) is 8.32. The lowest BCUT2D eigenvalue weighted by molar-refractivity contribution is -0.192. The number of aliphatic carboxylic acids is 1. The molecule has 1 aliphatic rings. The van der Waals surface area contributed by atoms with E-state index in [1.807, 2.05) is 24.3 Å². The van der Waals surface area contributed by atoms with Gasteiger partial charge in [-0.05, 0) is 24.0 Å². The van der Waals surface area contributed by atoms with Gasteiger partial charge in [0.15, 0.2) is 0 Å². The van der Waals surface area contributed by atoms with E-state index in [1.54, 1.807) is 0 Å². The highest BCUT2D eigenvalue weighted by molar-refractivity contribution is 6.12. The lowest BCUT2D eigenvalue weighted by Gasteiger charge is -2.13. The molecule has 8 nitrogen and oxygen atoms in total. The van der Waals surface area contributed by atoms with Crippen molar-refractivity contribution >= 4 is 23.7 Å². The van der Waals surface area contributed by atoms with Crippen molar-refractivity contribution in [3.05, 3.63) is 47.5 Å². The molecule has 1 heterocycles. The van der Waals surface area contributed by atoms with Crippen molar-refractivity contribution in [3.63, 3.8) is 0 Å². The van der Waals surface area contributed by atoms with E-state index in [0.717, 1.165) is 24.0 Å². The monoisotopic (exact) mass is 401 g/mol. The van der Waals surface area contributed by atoms with Gasteiger partial charge in [-0.25, -0.2) is 10.6 Å². The van der Waals surface area contributed by atoms with Gasteiger partial charge in [-0.3, -0.25) is 24.7 Å². The fraction of sp³-hybridized carbons (Fsp3) is 0.294. The van der Waals surface area contributed by atoms with Crippen molar-refractivity contribution in [1.29, 1.82) is 0 Å². The van der Waals surface area contributed by atoms with E-state index in [-0.39, 0.29) is 24.3 Å². The molecular formula is C17H18F3N3O5. The first-order valence-corrected chi connectivity index (χ1v) is 7.95. The molecule has 0 aromatic heterocycles. The molecule has 0 aliphatic carbocycles. The van der Waals surface area contributed by atoms with Gasteiger partial charge in [-0.2, -0.15) is 13.2 Å². The topological polar surface area (TPSA) is 130 Å². The lowest BCUT2D eigenvalue weighted by Crippen LogP contribution is -2.29. The Bertz CT molecular complexity index is 742. The molecule has 1 aliphatic heterocycles. The smallest absolute Gasteiger partial charge is 0.475 e. The van der Waals surface area contributed by atoms with E-state index in [0.29, 0.717) is 6.42 Å². The zero-order chi connectivity index (χ0) is 21.3. The van der Waals surface area contributed by atoms with E-state index in [1.165, 1.54) is 17.1 Å². The first kappa shape index (κ1) is 22.8. The Hall–Kier alpha value is -3.21. The first-order valence-electron chi connectivity index (χ1n) is 7.95. The number of hydrogen-bond acceptors (Lipinski definition) is 5. The summed E-state index contributed by atoms with van der Waals surface area (Å²) < 4.78 is 31.7. The number of aryl methyl sites for hydroxylation is 1. The second-order valence-corrected chi connectivity index (χ2v) is 5.64. The van der Waals surface area contributed by atoms with Crippen LogP contribution in [0.3, 0.4) is 0 Å². The first-order chi connectivity index (χ1) is 13.0. The van der Waals surface area contributed by atoms with Crippen molar-refractivity contribution in [3.8, 4) is 0 Å². The molecule has 0 spiro atoms. The summed E-state index contributed by atoms with van der Waals surface area (Å²) in [6.45, 7) is 0.278. The van der Waals surface area contributed by atoms with E-state index in [9.17, 15) is 27.6 Å². The number of halogens is 3. The van der Waals surface area contributed by atoms with Gasteiger partial charge in [0.1, 0.15) is 0 Å². The molecule has 0 saturated heterocycles. The number of nitrogens with one attached hydrogen (secondary N) is 1. The van der Waals surface area contributed by atoms with Crippen LogP contribution >= 0.6 is 0 Å². The van der Waals surface area contributed by atoms with Gasteiger partial charge in [0.25, 0.3) is 11.8 Å². The van der Waals surface area contributed by atoms with Gasteiger partial charge in [0.2, 0.25) is 5.91 Å². The Morgan fingerprint density at radius 2 is 1.50 bits per heavy atom. The third-order valence-corrected chi connectivity index (χ3v) is 3.54. The Balaban J connectivity index is 0.000000480. The predicted octanol–water partition coefficient (Wildman–Crippen LogP) is 1.06. The fourth-order valence-electron chi connectivity index (χ4n) is 2.11. The standard InChI is InChI=1S/C15H17N3O3.C2HF3O2/c16-17-13(19)3-1-2-11-4-6-12(7-5-11)10-18-14(20)8-9-15(18)21;3-2(4,5)1(6)7/h4-9H,1-3,10,16H2,(H,17,19);(H,6,7). The van der Waals surface area contributed by atoms with Crippen LogP contribution in [0.15, 0.2) is 36.4 Å². The van der Waals surface area contributed by atoms with E-state index >= 15 is 0 Å². The molecule has 28 heavy (non-hydrogen) atoms. The van der Waals surface area contributed by atoms with E-state index in [2.05, 4.69) is 5.43 Å². The van der Waals surface area contributed by atoms with Crippen LogP contribution in [0.2, 0.25) is 0 Å². The highest BCUT2D eigenvalue weighted by Gasteiger charge is 2.38. The van der Waals surface area contributed by atoms with Crippen molar-refractivity contribution in [2.45, 2.75) is 32.0 Å². The number of carboxylic acid groups (broad SMARTS) is 1. The van der Waals surface area contributed by atoms with Gasteiger partial charge in [0, 0.05) is 18.6 Å². The number of nitrogens with zero attached hydrogens (tertiary/aromatic N) is 1. The zero-order valence-electron chi connectivity index (χ0n) is 14.5.